The summed E-state index contributed by atoms with van der Waals surface area (Å²) in [4.78, 5) is 20.1. The van der Waals surface area contributed by atoms with Crippen LogP contribution >= 0.6 is 0 Å². The van der Waals surface area contributed by atoms with Crippen molar-refractivity contribution < 1.29 is 14.3 Å². The Morgan fingerprint density at radius 1 is 1.07 bits per heavy atom. The first kappa shape index (κ1) is 19.2. The second kappa shape index (κ2) is 8.91. The maximum atomic E-state index is 12.8. The number of nitrogens with zero attached hydrogens (tertiary/aromatic N) is 4. The number of amides is 1. The number of para-hydroxylation sites is 1. The fourth-order valence-corrected chi connectivity index (χ4v) is 3.53. The lowest BCUT2D eigenvalue weighted by molar-refractivity contribution is -0.130. The fraction of sp³-hybridized carbons (Fsp3) is 0.381. The van der Waals surface area contributed by atoms with E-state index in [1.165, 1.54) is 0 Å². The lowest BCUT2D eigenvalue weighted by Crippen LogP contribution is -2.49. The van der Waals surface area contributed by atoms with E-state index in [2.05, 4.69) is 20.1 Å². The molecule has 1 aliphatic heterocycles. The Balaban J connectivity index is 1.30. The molecule has 1 aliphatic rings. The number of fused-ring (bicyclic) bond motifs is 1. The van der Waals surface area contributed by atoms with E-state index >= 15 is 0 Å². The highest BCUT2D eigenvalue weighted by atomic mass is 16.5. The number of methoxy groups -OCH3 is 1. The number of aromatic amines is 1. The molecule has 0 unspecified atom stereocenters. The number of carbonyl (C=O) groups excluding carboxylic acids is 1. The van der Waals surface area contributed by atoms with E-state index in [9.17, 15) is 4.79 Å². The largest absolute Gasteiger partial charge is 0.474 e. The summed E-state index contributed by atoms with van der Waals surface area (Å²) in [6, 6.07) is 11.8. The predicted molar refractivity (Wildman–Crippen MR) is 110 cm³/mol. The van der Waals surface area contributed by atoms with Gasteiger partial charge in [0.2, 0.25) is 11.8 Å². The van der Waals surface area contributed by atoms with Gasteiger partial charge in [-0.05, 0) is 17.7 Å². The molecule has 0 spiro atoms. The molecule has 152 valence electrons. The zero-order valence-corrected chi connectivity index (χ0v) is 16.5. The summed E-state index contributed by atoms with van der Waals surface area (Å²) in [7, 11) is 1.63. The van der Waals surface area contributed by atoms with Crippen molar-refractivity contribution in [1.29, 1.82) is 0 Å². The van der Waals surface area contributed by atoms with Gasteiger partial charge in [0.25, 0.3) is 0 Å². The van der Waals surface area contributed by atoms with Crippen LogP contribution in [-0.2, 0) is 16.0 Å². The van der Waals surface area contributed by atoms with Crippen LogP contribution in [0.25, 0.3) is 10.9 Å². The van der Waals surface area contributed by atoms with E-state index < -0.39 is 0 Å². The SMILES string of the molecule is COCCOc1ccc(N2CCN(C(=O)Cc3c[nH]c4ccccc34)CC2)nn1. The molecule has 0 bridgehead atoms. The molecule has 8 nitrogen and oxygen atoms in total. The van der Waals surface area contributed by atoms with E-state index in [1.54, 1.807) is 7.11 Å². The molecule has 3 aromatic rings. The molecule has 0 radical (unpaired) electrons. The van der Waals surface area contributed by atoms with Gasteiger partial charge in [0.15, 0.2) is 5.82 Å². The molecule has 1 fully saturated rings. The Morgan fingerprint density at radius 3 is 2.66 bits per heavy atom. The highest BCUT2D eigenvalue weighted by Crippen LogP contribution is 2.20. The van der Waals surface area contributed by atoms with Gasteiger partial charge in [0.1, 0.15) is 6.61 Å². The molecular formula is C21H25N5O3. The molecule has 1 aromatic carbocycles. The number of hydrogen-bond acceptors (Lipinski definition) is 6. The lowest BCUT2D eigenvalue weighted by atomic mass is 10.1. The van der Waals surface area contributed by atoms with E-state index in [4.69, 9.17) is 9.47 Å². The number of anilines is 1. The number of nitrogens with one attached hydrogen (secondary N) is 1. The summed E-state index contributed by atoms with van der Waals surface area (Å²) in [5.74, 6) is 1.44. The van der Waals surface area contributed by atoms with Gasteiger partial charge in [-0.15, -0.1) is 10.2 Å². The third-order valence-electron chi connectivity index (χ3n) is 5.14. The monoisotopic (exact) mass is 395 g/mol. The molecule has 8 heteroatoms. The average Bonchev–Trinajstić information content (AvgIpc) is 3.17. The summed E-state index contributed by atoms with van der Waals surface area (Å²) in [5.41, 5.74) is 2.11. The molecule has 1 saturated heterocycles. The van der Waals surface area contributed by atoms with Gasteiger partial charge < -0.3 is 24.3 Å². The Kier molecular flexibility index (Phi) is 5.90. The second-order valence-corrected chi connectivity index (χ2v) is 6.98. The Morgan fingerprint density at radius 2 is 1.90 bits per heavy atom. The molecule has 0 aliphatic carbocycles. The van der Waals surface area contributed by atoms with Crippen molar-refractivity contribution in [2.45, 2.75) is 6.42 Å². The molecule has 1 amide bonds. The number of rotatable bonds is 7. The summed E-state index contributed by atoms with van der Waals surface area (Å²) >= 11 is 0. The standard InChI is InChI=1S/C21H25N5O3/c1-28-12-13-29-20-7-6-19(23-24-20)25-8-10-26(11-9-25)21(27)14-16-15-22-18-5-3-2-4-17(16)18/h2-7,15,22H,8-14H2,1H3. The minimum atomic E-state index is 0.155. The van der Waals surface area contributed by atoms with Gasteiger partial charge in [0.05, 0.1) is 13.0 Å². The van der Waals surface area contributed by atoms with Gasteiger partial charge in [-0.3, -0.25) is 4.79 Å². The number of carbonyl (C=O) groups is 1. The van der Waals surface area contributed by atoms with Crippen molar-refractivity contribution in [3.63, 3.8) is 0 Å². The van der Waals surface area contributed by atoms with Crippen LogP contribution in [0.5, 0.6) is 5.88 Å². The first-order chi connectivity index (χ1) is 14.2. The van der Waals surface area contributed by atoms with Crippen LogP contribution in [0.2, 0.25) is 0 Å². The third kappa shape index (κ3) is 4.48. The van der Waals surface area contributed by atoms with E-state index in [0.717, 1.165) is 35.4 Å². The fourth-order valence-electron chi connectivity index (χ4n) is 3.53. The highest BCUT2D eigenvalue weighted by molar-refractivity contribution is 5.89. The zero-order valence-electron chi connectivity index (χ0n) is 16.5. The number of benzene rings is 1. The van der Waals surface area contributed by atoms with Crippen molar-refractivity contribution in [2.24, 2.45) is 0 Å². The van der Waals surface area contributed by atoms with Crippen LogP contribution < -0.4 is 9.64 Å². The maximum absolute atomic E-state index is 12.8. The minimum absolute atomic E-state index is 0.155. The summed E-state index contributed by atoms with van der Waals surface area (Å²) in [6.45, 7) is 3.78. The van der Waals surface area contributed by atoms with Gasteiger partial charge in [-0.25, -0.2) is 0 Å². The smallest absolute Gasteiger partial charge is 0.233 e. The molecule has 1 N–H and O–H groups in total. The van der Waals surface area contributed by atoms with Crippen molar-refractivity contribution >= 4 is 22.6 Å². The molecule has 2 aromatic heterocycles. The highest BCUT2D eigenvalue weighted by Gasteiger charge is 2.23. The Hall–Kier alpha value is -3.13. The van der Waals surface area contributed by atoms with Crippen molar-refractivity contribution in [3.05, 3.63) is 48.2 Å². The molecule has 0 saturated carbocycles. The van der Waals surface area contributed by atoms with Gasteiger partial charge in [-0.1, -0.05) is 18.2 Å². The van der Waals surface area contributed by atoms with Crippen molar-refractivity contribution in [1.82, 2.24) is 20.1 Å². The number of piperazine rings is 1. The van der Waals surface area contributed by atoms with Crippen LogP contribution in [0, 0.1) is 0 Å². The van der Waals surface area contributed by atoms with Gasteiger partial charge >= 0.3 is 0 Å². The van der Waals surface area contributed by atoms with Crippen molar-refractivity contribution in [2.75, 3.05) is 51.4 Å². The normalized spacial score (nSPS) is 14.4. The molecule has 29 heavy (non-hydrogen) atoms. The predicted octanol–water partition coefficient (Wildman–Crippen LogP) is 1.87. The summed E-state index contributed by atoms with van der Waals surface area (Å²) in [5, 5.41) is 9.47. The number of hydrogen-bond donors (Lipinski definition) is 1. The van der Waals surface area contributed by atoms with Crippen LogP contribution in [0.4, 0.5) is 5.82 Å². The Bertz CT molecular complexity index is 948. The van der Waals surface area contributed by atoms with Crippen LogP contribution in [-0.4, -0.2) is 72.5 Å². The minimum Gasteiger partial charge on any atom is -0.474 e. The van der Waals surface area contributed by atoms with Gasteiger partial charge in [-0.2, -0.15) is 0 Å². The van der Waals surface area contributed by atoms with Crippen LogP contribution in [0.15, 0.2) is 42.6 Å². The number of ether oxygens (including phenoxy) is 2. The quantitative estimate of drug-likeness (QED) is 0.615. The molecule has 4 rings (SSSR count). The molecule has 0 atom stereocenters. The molecular weight excluding hydrogens is 370 g/mol. The number of aromatic nitrogens is 3. The lowest BCUT2D eigenvalue weighted by Gasteiger charge is -2.35. The zero-order chi connectivity index (χ0) is 20.1. The van der Waals surface area contributed by atoms with E-state index in [-0.39, 0.29) is 5.91 Å². The van der Waals surface area contributed by atoms with Crippen LogP contribution in [0.3, 0.4) is 0 Å². The summed E-state index contributed by atoms with van der Waals surface area (Å²) < 4.78 is 10.4. The maximum Gasteiger partial charge on any atom is 0.233 e. The first-order valence-corrected chi connectivity index (χ1v) is 9.78. The van der Waals surface area contributed by atoms with Crippen LogP contribution in [0.1, 0.15) is 5.56 Å². The Labute approximate surface area is 169 Å². The second-order valence-electron chi connectivity index (χ2n) is 6.98. The summed E-state index contributed by atoms with van der Waals surface area (Å²) in [6.07, 6.45) is 2.35. The van der Waals surface area contributed by atoms with E-state index in [1.807, 2.05) is 47.5 Å². The first-order valence-electron chi connectivity index (χ1n) is 9.78. The topological polar surface area (TPSA) is 83.6 Å². The average molecular weight is 395 g/mol. The van der Waals surface area contributed by atoms with Gasteiger partial charge in [0, 0.05) is 56.5 Å². The van der Waals surface area contributed by atoms with Crippen molar-refractivity contribution in [3.8, 4) is 5.88 Å². The third-order valence-corrected chi connectivity index (χ3v) is 5.14. The van der Waals surface area contributed by atoms with E-state index in [0.29, 0.717) is 38.6 Å². The molecule has 3 heterocycles. The number of H-pyrrole nitrogens is 1.